The lowest BCUT2D eigenvalue weighted by atomic mass is 10.1. The monoisotopic (exact) mass is 194 g/mol. The Morgan fingerprint density at radius 3 is 2.93 bits per heavy atom. The minimum Gasteiger partial charge on any atom is -0.478 e. The third kappa shape index (κ3) is 1.39. The summed E-state index contributed by atoms with van der Waals surface area (Å²) in [5.41, 5.74) is 0.704. The van der Waals surface area contributed by atoms with E-state index >= 15 is 0 Å². The van der Waals surface area contributed by atoms with Gasteiger partial charge in [0.25, 0.3) is 0 Å². The molecular formula is C9H6O5. The van der Waals surface area contributed by atoms with E-state index in [2.05, 4.69) is 4.74 Å². The van der Waals surface area contributed by atoms with Gasteiger partial charge >= 0.3 is 12.1 Å². The molecule has 0 saturated carbocycles. The van der Waals surface area contributed by atoms with Crippen molar-refractivity contribution in [1.29, 1.82) is 0 Å². The van der Waals surface area contributed by atoms with E-state index in [0.717, 1.165) is 0 Å². The lowest BCUT2D eigenvalue weighted by Crippen LogP contribution is -2.17. The molecule has 1 aliphatic rings. The number of fused-ring (bicyclic) bond motifs is 1. The van der Waals surface area contributed by atoms with Crippen molar-refractivity contribution >= 4 is 12.1 Å². The average Bonchev–Trinajstić information content (AvgIpc) is 2.16. The minimum absolute atomic E-state index is 0.0509. The standard InChI is InChI=1S/C9H6O5/c10-8(11)5-1-2-7-6(3-5)4-13-9(12)14-7/h1-3H,4H2,(H,10,11). The number of carboxylic acid groups (broad SMARTS) is 1. The summed E-state index contributed by atoms with van der Waals surface area (Å²) in [5.74, 6) is -0.670. The van der Waals surface area contributed by atoms with Crippen LogP contribution in [0, 0.1) is 0 Å². The number of cyclic esters (lactones) is 1. The summed E-state index contributed by atoms with van der Waals surface area (Å²) in [6.07, 6.45) is -0.763. The first kappa shape index (κ1) is 8.55. The van der Waals surface area contributed by atoms with Crippen LogP contribution in [0.25, 0.3) is 0 Å². The number of rotatable bonds is 1. The van der Waals surface area contributed by atoms with Crippen molar-refractivity contribution < 1.29 is 24.2 Å². The molecule has 0 aromatic heterocycles. The highest BCUT2D eigenvalue weighted by Crippen LogP contribution is 2.25. The normalized spacial score (nSPS) is 13.9. The average molecular weight is 194 g/mol. The molecule has 5 nitrogen and oxygen atoms in total. The van der Waals surface area contributed by atoms with Crippen LogP contribution in [0.2, 0.25) is 0 Å². The van der Waals surface area contributed by atoms with E-state index in [4.69, 9.17) is 9.84 Å². The molecule has 1 aromatic carbocycles. The zero-order valence-corrected chi connectivity index (χ0v) is 7.02. The van der Waals surface area contributed by atoms with Gasteiger partial charge in [0.1, 0.15) is 12.4 Å². The van der Waals surface area contributed by atoms with Gasteiger partial charge in [-0.15, -0.1) is 0 Å². The molecule has 0 unspecified atom stereocenters. The highest BCUT2D eigenvalue weighted by Gasteiger charge is 2.19. The molecule has 0 radical (unpaired) electrons. The number of hydrogen-bond donors (Lipinski definition) is 1. The van der Waals surface area contributed by atoms with Gasteiger partial charge in [-0.05, 0) is 18.2 Å². The van der Waals surface area contributed by atoms with Gasteiger partial charge in [0, 0.05) is 5.56 Å². The fraction of sp³-hybridized carbons (Fsp3) is 0.111. The maximum Gasteiger partial charge on any atom is 0.514 e. The van der Waals surface area contributed by atoms with Crippen molar-refractivity contribution in [2.24, 2.45) is 0 Å². The van der Waals surface area contributed by atoms with Gasteiger partial charge in [-0.2, -0.15) is 0 Å². The summed E-state index contributed by atoms with van der Waals surface area (Å²) >= 11 is 0. The first-order valence-electron chi connectivity index (χ1n) is 3.87. The summed E-state index contributed by atoms with van der Waals surface area (Å²) in [7, 11) is 0. The highest BCUT2D eigenvalue weighted by molar-refractivity contribution is 5.88. The second kappa shape index (κ2) is 3.02. The van der Waals surface area contributed by atoms with Crippen molar-refractivity contribution in [3.8, 4) is 5.75 Å². The van der Waals surface area contributed by atoms with Crippen molar-refractivity contribution in [1.82, 2.24) is 0 Å². The van der Waals surface area contributed by atoms with Crippen LogP contribution >= 0.6 is 0 Å². The Labute approximate surface area is 78.9 Å². The van der Waals surface area contributed by atoms with Crippen molar-refractivity contribution in [2.45, 2.75) is 6.61 Å². The van der Waals surface area contributed by atoms with Gasteiger partial charge < -0.3 is 14.6 Å². The number of aromatic carboxylic acids is 1. The second-order valence-electron chi connectivity index (χ2n) is 2.77. The Bertz CT molecular complexity index is 410. The molecule has 72 valence electrons. The first-order chi connectivity index (χ1) is 6.66. The van der Waals surface area contributed by atoms with Gasteiger partial charge in [-0.3, -0.25) is 0 Å². The van der Waals surface area contributed by atoms with E-state index in [9.17, 15) is 9.59 Å². The fourth-order valence-corrected chi connectivity index (χ4v) is 1.18. The summed E-state index contributed by atoms with van der Waals surface area (Å²) in [5, 5.41) is 8.69. The maximum absolute atomic E-state index is 10.7. The van der Waals surface area contributed by atoms with E-state index in [1.54, 1.807) is 0 Å². The zero-order valence-electron chi connectivity index (χ0n) is 7.02. The molecule has 0 fully saturated rings. The quantitative estimate of drug-likeness (QED) is 0.540. The van der Waals surface area contributed by atoms with Gasteiger partial charge in [-0.25, -0.2) is 9.59 Å². The van der Waals surface area contributed by atoms with E-state index in [1.165, 1.54) is 18.2 Å². The molecule has 1 aromatic rings. The predicted octanol–water partition coefficient (Wildman–Crippen LogP) is 1.41. The number of hydrogen-bond acceptors (Lipinski definition) is 4. The zero-order chi connectivity index (χ0) is 10.1. The van der Waals surface area contributed by atoms with Crippen LogP contribution in [0.5, 0.6) is 5.75 Å². The molecule has 1 N–H and O–H groups in total. The lowest BCUT2D eigenvalue weighted by Gasteiger charge is -2.15. The Hall–Kier alpha value is -2.04. The van der Waals surface area contributed by atoms with Crippen LogP contribution in [0.1, 0.15) is 15.9 Å². The molecular weight excluding hydrogens is 188 g/mol. The van der Waals surface area contributed by atoms with Crippen LogP contribution < -0.4 is 4.74 Å². The van der Waals surface area contributed by atoms with Crippen molar-refractivity contribution in [3.05, 3.63) is 29.3 Å². The number of benzene rings is 1. The Balaban J connectivity index is 2.41. The van der Waals surface area contributed by atoms with Gasteiger partial charge in [0.05, 0.1) is 5.56 Å². The summed E-state index contributed by atoms with van der Waals surface area (Å²) in [6.45, 7) is 0.0509. The fourth-order valence-electron chi connectivity index (χ4n) is 1.18. The third-order valence-corrected chi connectivity index (χ3v) is 1.85. The van der Waals surface area contributed by atoms with Gasteiger partial charge in [0.15, 0.2) is 0 Å². The van der Waals surface area contributed by atoms with E-state index in [0.29, 0.717) is 11.3 Å². The van der Waals surface area contributed by atoms with Gasteiger partial charge in [-0.1, -0.05) is 0 Å². The molecule has 0 bridgehead atoms. The minimum atomic E-state index is -1.02. The van der Waals surface area contributed by atoms with Crippen LogP contribution in [0.3, 0.4) is 0 Å². The van der Waals surface area contributed by atoms with Crippen LogP contribution in [0.4, 0.5) is 4.79 Å². The van der Waals surface area contributed by atoms with Crippen molar-refractivity contribution in [2.75, 3.05) is 0 Å². The van der Waals surface area contributed by atoms with Crippen LogP contribution in [-0.4, -0.2) is 17.2 Å². The third-order valence-electron chi connectivity index (χ3n) is 1.85. The maximum atomic E-state index is 10.7. The highest BCUT2D eigenvalue weighted by atomic mass is 16.7. The Morgan fingerprint density at radius 1 is 1.43 bits per heavy atom. The lowest BCUT2D eigenvalue weighted by molar-refractivity contribution is 0.0695. The SMILES string of the molecule is O=C1OCc2cc(C(=O)O)ccc2O1. The second-order valence-corrected chi connectivity index (χ2v) is 2.77. The molecule has 0 spiro atoms. The predicted molar refractivity (Wildman–Crippen MR) is 44.2 cm³/mol. The van der Waals surface area contributed by atoms with Gasteiger partial charge in [0.2, 0.25) is 0 Å². The van der Waals surface area contributed by atoms with E-state index in [-0.39, 0.29) is 12.2 Å². The van der Waals surface area contributed by atoms with E-state index in [1.807, 2.05) is 0 Å². The number of ether oxygens (including phenoxy) is 2. The van der Waals surface area contributed by atoms with Crippen LogP contribution in [-0.2, 0) is 11.3 Å². The topological polar surface area (TPSA) is 72.8 Å². The Kier molecular flexibility index (Phi) is 1.85. The molecule has 14 heavy (non-hydrogen) atoms. The van der Waals surface area contributed by atoms with Crippen molar-refractivity contribution in [3.63, 3.8) is 0 Å². The molecule has 1 heterocycles. The largest absolute Gasteiger partial charge is 0.514 e. The number of carboxylic acids is 1. The molecule has 2 rings (SSSR count). The summed E-state index contributed by atoms with van der Waals surface area (Å²) in [6, 6.07) is 4.24. The Morgan fingerprint density at radius 2 is 2.21 bits per heavy atom. The molecule has 5 heteroatoms. The molecule has 1 aliphatic heterocycles. The summed E-state index contributed by atoms with van der Waals surface area (Å²) < 4.78 is 9.30. The molecule has 0 atom stereocenters. The summed E-state index contributed by atoms with van der Waals surface area (Å²) in [4.78, 5) is 21.3. The smallest absolute Gasteiger partial charge is 0.478 e. The number of carbonyl (C=O) groups excluding carboxylic acids is 1. The van der Waals surface area contributed by atoms with Crippen LogP contribution in [0.15, 0.2) is 18.2 Å². The number of carbonyl (C=O) groups is 2. The molecule has 0 saturated heterocycles. The molecule has 0 aliphatic carbocycles. The first-order valence-corrected chi connectivity index (χ1v) is 3.87. The van der Waals surface area contributed by atoms with E-state index < -0.39 is 12.1 Å². The molecule has 0 amide bonds.